The largest absolute Gasteiger partial charge is 0.367 e. The van der Waals surface area contributed by atoms with Crippen molar-refractivity contribution in [1.29, 1.82) is 0 Å². The first-order valence-electron chi connectivity index (χ1n) is 7.02. The molecular weight excluding hydrogens is 244 g/mol. The van der Waals surface area contributed by atoms with Crippen molar-refractivity contribution < 1.29 is 0 Å². The Bertz CT molecular complexity index is 388. The van der Waals surface area contributed by atoms with E-state index >= 15 is 0 Å². The number of halogens is 1. The number of anilines is 1. The minimum Gasteiger partial charge on any atom is -0.367 e. The molecular formula is C15H23ClN2. The summed E-state index contributed by atoms with van der Waals surface area (Å²) < 4.78 is 0. The van der Waals surface area contributed by atoms with Gasteiger partial charge in [0.25, 0.3) is 0 Å². The summed E-state index contributed by atoms with van der Waals surface area (Å²) in [4.78, 5) is 2.46. The molecule has 0 bridgehead atoms. The van der Waals surface area contributed by atoms with Crippen LogP contribution in [0.2, 0.25) is 5.02 Å². The first-order chi connectivity index (χ1) is 8.77. The first-order valence-corrected chi connectivity index (χ1v) is 7.40. The summed E-state index contributed by atoms with van der Waals surface area (Å²) in [5.74, 6) is 0. The Morgan fingerprint density at radius 1 is 1.33 bits per heavy atom. The molecule has 2 nitrogen and oxygen atoms in total. The third kappa shape index (κ3) is 3.18. The monoisotopic (exact) mass is 266 g/mol. The molecule has 2 rings (SSSR count). The predicted octanol–water partition coefficient (Wildman–Crippen LogP) is 3.83. The maximum Gasteiger partial charge on any atom is 0.0643 e. The Balaban J connectivity index is 2.19. The first kappa shape index (κ1) is 13.7. The van der Waals surface area contributed by atoms with Gasteiger partial charge in [0.1, 0.15) is 0 Å². The second-order valence-electron chi connectivity index (χ2n) is 4.94. The Morgan fingerprint density at radius 2 is 2.11 bits per heavy atom. The summed E-state index contributed by atoms with van der Waals surface area (Å²) >= 11 is 6.42. The Hall–Kier alpha value is -0.730. The lowest BCUT2D eigenvalue weighted by atomic mass is 10.1. The third-order valence-electron chi connectivity index (χ3n) is 3.43. The van der Waals surface area contributed by atoms with Crippen molar-refractivity contribution in [3.63, 3.8) is 0 Å². The van der Waals surface area contributed by atoms with Crippen LogP contribution >= 0.6 is 11.6 Å². The lowest BCUT2D eigenvalue weighted by molar-refractivity contribution is 0.672. The van der Waals surface area contributed by atoms with E-state index < -0.39 is 0 Å². The molecule has 1 fully saturated rings. The molecule has 1 aliphatic rings. The third-order valence-corrected chi connectivity index (χ3v) is 3.73. The number of rotatable bonds is 7. The predicted molar refractivity (Wildman–Crippen MR) is 79.5 cm³/mol. The van der Waals surface area contributed by atoms with E-state index in [2.05, 4.69) is 36.2 Å². The molecule has 0 heterocycles. The highest BCUT2D eigenvalue weighted by molar-refractivity contribution is 6.33. The molecule has 0 spiro atoms. The minimum absolute atomic E-state index is 0.708. The fraction of sp³-hybridized carbons (Fsp3) is 0.600. The van der Waals surface area contributed by atoms with Crippen LogP contribution in [0.25, 0.3) is 0 Å². The van der Waals surface area contributed by atoms with Gasteiger partial charge in [-0.25, -0.2) is 0 Å². The van der Waals surface area contributed by atoms with Crippen LogP contribution in [-0.2, 0) is 6.54 Å². The summed E-state index contributed by atoms with van der Waals surface area (Å²) in [6.07, 6.45) is 3.78. The van der Waals surface area contributed by atoms with E-state index in [9.17, 15) is 0 Å². The lowest BCUT2D eigenvalue weighted by Gasteiger charge is -2.27. The molecule has 0 radical (unpaired) electrons. The summed E-state index contributed by atoms with van der Waals surface area (Å²) in [5, 5.41) is 4.36. The van der Waals surface area contributed by atoms with Gasteiger partial charge >= 0.3 is 0 Å². The maximum absolute atomic E-state index is 6.42. The average molecular weight is 267 g/mol. The molecule has 1 aromatic carbocycles. The topological polar surface area (TPSA) is 15.3 Å². The number of benzene rings is 1. The highest BCUT2D eigenvalue weighted by Crippen LogP contribution is 2.37. The van der Waals surface area contributed by atoms with E-state index in [1.807, 2.05) is 6.07 Å². The van der Waals surface area contributed by atoms with Crippen LogP contribution in [0, 0.1) is 0 Å². The van der Waals surface area contributed by atoms with Crippen molar-refractivity contribution in [2.24, 2.45) is 0 Å². The summed E-state index contributed by atoms with van der Waals surface area (Å²) in [5.41, 5.74) is 2.57. The van der Waals surface area contributed by atoms with E-state index in [0.717, 1.165) is 31.1 Å². The van der Waals surface area contributed by atoms with Crippen LogP contribution < -0.4 is 10.2 Å². The molecule has 0 atom stereocenters. The van der Waals surface area contributed by atoms with Gasteiger partial charge in [0, 0.05) is 19.1 Å². The molecule has 0 amide bonds. The fourth-order valence-electron chi connectivity index (χ4n) is 2.41. The molecule has 100 valence electrons. The molecule has 1 N–H and O–H groups in total. The zero-order chi connectivity index (χ0) is 13.0. The van der Waals surface area contributed by atoms with Crippen LogP contribution in [0.3, 0.4) is 0 Å². The highest BCUT2D eigenvalue weighted by atomic mass is 35.5. The quantitative estimate of drug-likeness (QED) is 0.755. The normalized spacial score (nSPS) is 14.8. The van der Waals surface area contributed by atoms with Gasteiger partial charge < -0.3 is 10.2 Å². The Morgan fingerprint density at radius 3 is 2.72 bits per heavy atom. The SMILES string of the molecule is CCCNCc1cccc(Cl)c1N(CC)C1CC1. The van der Waals surface area contributed by atoms with Crippen molar-refractivity contribution in [3.05, 3.63) is 28.8 Å². The average Bonchev–Trinajstić information content (AvgIpc) is 3.18. The highest BCUT2D eigenvalue weighted by Gasteiger charge is 2.30. The van der Waals surface area contributed by atoms with Crippen LogP contribution in [0.5, 0.6) is 0 Å². The minimum atomic E-state index is 0.708. The zero-order valence-electron chi connectivity index (χ0n) is 11.4. The van der Waals surface area contributed by atoms with Crippen LogP contribution in [0.1, 0.15) is 38.7 Å². The van der Waals surface area contributed by atoms with Crippen molar-refractivity contribution in [1.82, 2.24) is 5.32 Å². The Kier molecular flexibility index (Phi) is 4.90. The standard InChI is InChI=1S/C15H23ClN2/c1-3-10-17-11-12-6-5-7-14(16)15(12)18(4-2)13-8-9-13/h5-7,13,17H,3-4,8-11H2,1-2H3. The molecule has 0 aliphatic heterocycles. The van der Waals surface area contributed by atoms with Gasteiger partial charge in [0.2, 0.25) is 0 Å². The second-order valence-corrected chi connectivity index (χ2v) is 5.35. The van der Waals surface area contributed by atoms with E-state index in [0.29, 0.717) is 6.04 Å². The number of nitrogens with one attached hydrogen (secondary N) is 1. The molecule has 1 aromatic rings. The molecule has 0 unspecified atom stereocenters. The van der Waals surface area contributed by atoms with Gasteiger partial charge in [-0.3, -0.25) is 0 Å². The van der Waals surface area contributed by atoms with Gasteiger partial charge in [-0.05, 0) is 44.4 Å². The molecule has 1 aliphatic carbocycles. The lowest BCUT2D eigenvalue weighted by Crippen LogP contribution is -2.27. The van der Waals surface area contributed by atoms with Gasteiger partial charge in [-0.15, -0.1) is 0 Å². The van der Waals surface area contributed by atoms with Crippen molar-refractivity contribution in [2.75, 3.05) is 18.0 Å². The van der Waals surface area contributed by atoms with E-state index in [4.69, 9.17) is 11.6 Å². The van der Waals surface area contributed by atoms with Crippen LogP contribution in [-0.4, -0.2) is 19.1 Å². The van der Waals surface area contributed by atoms with Gasteiger partial charge in [0.05, 0.1) is 10.7 Å². The number of hydrogen-bond donors (Lipinski definition) is 1. The number of para-hydroxylation sites is 1. The molecule has 1 saturated carbocycles. The molecule has 0 saturated heterocycles. The molecule has 3 heteroatoms. The zero-order valence-corrected chi connectivity index (χ0v) is 12.1. The summed E-state index contributed by atoms with van der Waals surface area (Å²) in [6.45, 7) is 7.41. The summed E-state index contributed by atoms with van der Waals surface area (Å²) in [6, 6.07) is 6.95. The van der Waals surface area contributed by atoms with E-state index in [-0.39, 0.29) is 0 Å². The van der Waals surface area contributed by atoms with Crippen LogP contribution in [0.4, 0.5) is 5.69 Å². The molecule has 18 heavy (non-hydrogen) atoms. The van der Waals surface area contributed by atoms with Gasteiger partial charge in [-0.2, -0.15) is 0 Å². The fourth-order valence-corrected chi connectivity index (χ4v) is 2.71. The van der Waals surface area contributed by atoms with Gasteiger partial charge in [0.15, 0.2) is 0 Å². The van der Waals surface area contributed by atoms with Crippen molar-refractivity contribution in [3.8, 4) is 0 Å². The van der Waals surface area contributed by atoms with Crippen molar-refractivity contribution in [2.45, 2.75) is 45.7 Å². The van der Waals surface area contributed by atoms with E-state index in [1.54, 1.807) is 0 Å². The van der Waals surface area contributed by atoms with Crippen molar-refractivity contribution >= 4 is 17.3 Å². The maximum atomic E-state index is 6.42. The number of hydrogen-bond acceptors (Lipinski definition) is 2. The van der Waals surface area contributed by atoms with E-state index in [1.165, 1.54) is 24.1 Å². The smallest absolute Gasteiger partial charge is 0.0643 e. The second kappa shape index (κ2) is 6.44. The number of nitrogens with zero attached hydrogens (tertiary/aromatic N) is 1. The van der Waals surface area contributed by atoms with Gasteiger partial charge in [-0.1, -0.05) is 30.7 Å². The summed E-state index contributed by atoms with van der Waals surface area (Å²) in [7, 11) is 0. The molecule has 0 aromatic heterocycles. The Labute approximate surface area is 115 Å². The van der Waals surface area contributed by atoms with Crippen LogP contribution in [0.15, 0.2) is 18.2 Å².